The van der Waals surface area contributed by atoms with Crippen LogP contribution in [-0.2, 0) is 4.79 Å². The van der Waals surface area contributed by atoms with Crippen molar-refractivity contribution in [3.05, 3.63) is 34.1 Å². The van der Waals surface area contributed by atoms with Crippen LogP contribution in [0.4, 0.5) is 15.8 Å². The first-order valence-electron chi connectivity index (χ1n) is 5.49. The highest BCUT2D eigenvalue weighted by Gasteiger charge is 2.14. The predicted octanol–water partition coefficient (Wildman–Crippen LogP) is 1.67. The summed E-state index contributed by atoms with van der Waals surface area (Å²) in [5.41, 5.74) is -0.403. The van der Waals surface area contributed by atoms with Crippen molar-refractivity contribution in [3.8, 4) is 0 Å². The third-order valence-electron chi connectivity index (χ3n) is 2.21. The molecule has 0 aliphatic heterocycles. The van der Waals surface area contributed by atoms with Crippen LogP contribution < -0.4 is 10.6 Å². The normalized spacial score (nSPS) is 10.1. The molecule has 0 heterocycles. The summed E-state index contributed by atoms with van der Waals surface area (Å²) in [6, 6.07) is 3.25. The summed E-state index contributed by atoms with van der Waals surface area (Å²) in [5.74, 6) is -1.24. The van der Waals surface area contributed by atoms with Crippen molar-refractivity contribution < 1.29 is 14.1 Å². The van der Waals surface area contributed by atoms with Gasteiger partial charge in [-0.05, 0) is 12.6 Å². The van der Waals surface area contributed by atoms with Gasteiger partial charge in [-0.15, -0.1) is 0 Å². The van der Waals surface area contributed by atoms with Crippen LogP contribution in [0.25, 0.3) is 0 Å². The van der Waals surface area contributed by atoms with E-state index in [1.54, 1.807) is 0 Å². The third kappa shape index (κ3) is 4.10. The van der Waals surface area contributed by atoms with E-state index in [9.17, 15) is 19.3 Å². The number of nitrogens with one attached hydrogen (secondary N) is 2. The minimum absolute atomic E-state index is 0.208. The lowest BCUT2D eigenvalue weighted by atomic mass is 10.2. The Morgan fingerprint density at radius 2 is 2.22 bits per heavy atom. The van der Waals surface area contributed by atoms with Gasteiger partial charge in [-0.25, -0.2) is 0 Å². The van der Waals surface area contributed by atoms with E-state index in [1.165, 1.54) is 6.07 Å². The van der Waals surface area contributed by atoms with E-state index in [2.05, 4.69) is 10.6 Å². The molecule has 2 N–H and O–H groups in total. The molecule has 0 bridgehead atoms. The minimum Gasteiger partial charge on any atom is -0.326 e. The maximum absolute atomic E-state index is 13.3. The largest absolute Gasteiger partial charge is 0.326 e. The third-order valence-corrected chi connectivity index (χ3v) is 2.21. The molecule has 7 heteroatoms. The number of anilines is 1. The topological polar surface area (TPSA) is 84.3 Å². The smallest absolute Gasteiger partial charge is 0.304 e. The zero-order chi connectivity index (χ0) is 13.5. The van der Waals surface area contributed by atoms with Gasteiger partial charge in [-0.2, -0.15) is 4.39 Å². The van der Waals surface area contributed by atoms with Crippen LogP contribution >= 0.6 is 0 Å². The van der Waals surface area contributed by atoms with Crippen molar-refractivity contribution in [1.82, 2.24) is 5.32 Å². The number of nitrogens with zero attached hydrogens (tertiary/aromatic N) is 1. The van der Waals surface area contributed by atoms with Crippen LogP contribution in [0.2, 0.25) is 0 Å². The second-order valence-electron chi connectivity index (χ2n) is 3.58. The Balaban J connectivity index is 2.60. The molecular formula is C11H14FN3O3. The molecule has 0 saturated carbocycles. The van der Waals surface area contributed by atoms with Crippen LogP contribution in [0.3, 0.4) is 0 Å². The predicted molar refractivity (Wildman–Crippen MR) is 64.8 cm³/mol. The number of amides is 1. The summed E-state index contributed by atoms with van der Waals surface area (Å²) >= 11 is 0. The van der Waals surface area contributed by atoms with Crippen LogP contribution in [0.1, 0.15) is 13.3 Å². The first-order valence-corrected chi connectivity index (χ1v) is 5.49. The molecule has 0 spiro atoms. The fourth-order valence-corrected chi connectivity index (χ4v) is 1.33. The number of nitro benzene ring substituents is 1. The lowest BCUT2D eigenvalue weighted by molar-refractivity contribution is -0.387. The highest BCUT2D eigenvalue weighted by atomic mass is 19.1. The molecule has 0 radical (unpaired) electrons. The summed E-state index contributed by atoms with van der Waals surface area (Å²) in [7, 11) is 0. The number of rotatable bonds is 6. The molecule has 0 aliphatic rings. The van der Waals surface area contributed by atoms with E-state index < -0.39 is 16.4 Å². The minimum atomic E-state index is -0.968. The summed E-state index contributed by atoms with van der Waals surface area (Å²) < 4.78 is 13.3. The molecule has 6 nitrogen and oxygen atoms in total. The van der Waals surface area contributed by atoms with Crippen molar-refractivity contribution in [2.45, 2.75) is 13.3 Å². The molecule has 1 aromatic carbocycles. The Morgan fingerprint density at radius 1 is 1.50 bits per heavy atom. The van der Waals surface area contributed by atoms with E-state index in [1.807, 2.05) is 6.92 Å². The van der Waals surface area contributed by atoms with Crippen molar-refractivity contribution in [1.29, 1.82) is 0 Å². The van der Waals surface area contributed by atoms with E-state index in [0.717, 1.165) is 18.7 Å². The van der Waals surface area contributed by atoms with Gasteiger partial charge in [0, 0.05) is 30.8 Å². The Morgan fingerprint density at radius 3 is 2.78 bits per heavy atom. The lowest BCUT2D eigenvalue weighted by Gasteiger charge is -2.05. The van der Waals surface area contributed by atoms with Gasteiger partial charge in [0.2, 0.25) is 11.7 Å². The molecule has 1 amide bonds. The van der Waals surface area contributed by atoms with Gasteiger partial charge in [0.25, 0.3) is 0 Å². The quantitative estimate of drug-likeness (QED) is 0.460. The molecule has 18 heavy (non-hydrogen) atoms. The van der Waals surface area contributed by atoms with E-state index in [0.29, 0.717) is 6.54 Å². The Kier molecular flexibility index (Phi) is 5.19. The van der Waals surface area contributed by atoms with Gasteiger partial charge >= 0.3 is 5.69 Å². The van der Waals surface area contributed by atoms with Crippen LogP contribution in [0.5, 0.6) is 0 Å². The van der Waals surface area contributed by atoms with E-state index >= 15 is 0 Å². The van der Waals surface area contributed by atoms with Crippen LogP contribution in [0, 0.1) is 15.9 Å². The molecule has 1 aromatic rings. The molecule has 1 rings (SSSR count). The fourth-order valence-electron chi connectivity index (χ4n) is 1.33. The first-order chi connectivity index (χ1) is 8.54. The Bertz CT molecular complexity index is 451. The van der Waals surface area contributed by atoms with Crippen molar-refractivity contribution in [2.24, 2.45) is 0 Å². The number of nitro groups is 1. The van der Waals surface area contributed by atoms with E-state index in [4.69, 9.17) is 0 Å². The number of carbonyl (C=O) groups is 1. The zero-order valence-electron chi connectivity index (χ0n) is 9.90. The van der Waals surface area contributed by atoms with Gasteiger partial charge in [-0.3, -0.25) is 14.9 Å². The molecule has 0 atom stereocenters. The monoisotopic (exact) mass is 255 g/mol. The maximum Gasteiger partial charge on any atom is 0.304 e. The second kappa shape index (κ2) is 6.65. The fraction of sp³-hybridized carbons (Fsp3) is 0.364. The number of hydrogen-bond donors (Lipinski definition) is 2. The molecule has 0 aromatic heterocycles. The highest BCUT2D eigenvalue weighted by molar-refractivity contribution is 5.90. The summed E-state index contributed by atoms with van der Waals surface area (Å²) in [6.45, 7) is 3.21. The maximum atomic E-state index is 13.3. The lowest BCUT2D eigenvalue weighted by Crippen LogP contribution is -2.21. The van der Waals surface area contributed by atoms with Crippen LogP contribution in [-0.4, -0.2) is 23.9 Å². The first kappa shape index (κ1) is 14.0. The molecular weight excluding hydrogens is 241 g/mol. The SMILES string of the molecule is CCNCCC(=O)Nc1ccc([N+](=O)[O-])c(F)c1. The highest BCUT2D eigenvalue weighted by Crippen LogP contribution is 2.20. The Labute approximate surface area is 103 Å². The zero-order valence-corrected chi connectivity index (χ0v) is 9.90. The van der Waals surface area contributed by atoms with Gasteiger partial charge in [0.1, 0.15) is 0 Å². The summed E-state index contributed by atoms with van der Waals surface area (Å²) in [6.07, 6.45) is 0.256. The van der Waals surface area contributed by atoms with Crippen molar-refractivity contribution >= 4 is 17.3 Å². The van der Waals surface area contributed by atoms with Crippen LogP contribution in [0.15, 0.2) is 18.2 Å². The number of benzene rings is 1. The average molecular weight is 255 g/mol. The number of carbonyl (C=O) groups excluding carboxylic acids is 1. The van der Waals surface area contributed by atoms with Gasteiger partial charge in [0.15, 0.2) is 0 Å². The van der Waals surface area contributed by atoms with Gasteiger partial charge in [-0.1, -0.05) is 6.92 Å². The van der Waals surface area contributed by atoms with Crippen molar-refractivity contribution in [3.63, 3.8) is 0 Å². The molecule has 0 fully saturated rings. The van der Waals surface area contributed by atoms with E-state index in [-0.39, 0.29) is 18.0 Å². The molecule has 0 unspecified atom stereocenters. The van der Waals surface area contributed by atoms with Gasteiger partial charge in [0.05, 0.1) is 4.92 Å². The summed E-state index contributed by atoms with van der Waals surface area (Å²) in [4.78, 5) is 21.0. The number of halogens is 1. The molecule has 98 valence electrons. The Hall–Kier alpha value is -2.02. The number of hydrogen-bond acceptors (Lipinski definition) is 4. The molecule has 0 saturated heterocycles. The second-order valence-corrected chi connectivity index (χ2v) is 3.58. The standard InChI is InChI=1S/C11H14FN3O3/c1-2-13-6-5-11(16)14-8-3-4-10(15(17)18)9(12)7-8/h3-4,7,13H,2,5-6H2,1H3,(H,14,16). The average Bonchev–Trinajstić information content (AvgIpc) is 2.28. The van der Waals surface area contributed by atoms with Gasteiger partial charge < -0.3 is 10.6 Å². The summed E-state index contributed by atoms with van der Waals surface area (Å²) in [5, 5.41) is 15.8. The van der Waals surface area contributed by atoms with Crippen molar-refractivity contribution in [2.75, 3.05) is 18.4 Å². The molecule has 0 aliphatic carbocycles.